The summed E-state index contributed by atoms with van der Waals surface area (Å²) in [7, 11) is -1.01. The number of nitrogens with one attached hydrogen (secondary N) is 1. The van der Waals surface area contributed by atoms with Gasteiger partial charge in [0.25, 0.3) is 5.89 Å². The Bertz CT molecular complexity index is 1300. The molecule has 1 aliphatic rings. The Morgan fingerprint density at radius 2 is 1.71 bits per heavy atom. The molecule has 0 unspecified atom stereocenters. The summed E-state index contributed by atoms with van der Waals surface area (Å²) in [6.07, 6.45) is 1.55. The van der Waals surface area contributed by atoms with E-state index in [1.54, 1.807) is 30.5 Å². The van der Waals surface area contributed by atoms with Gasteiger partial charge in [0.2, 0.25) is 5.89 Å². The highest BCUT2D eigenvalue weighted by molar-refractivity contribution is 8.25. The first kappa shape index (κ1) is 22.4. The van der Waals surface area contributed by atoms with Gasteiger partial charge in [0.1, 0.15) is 5.25 Å². The van der Waals surface area contributed by atoms with Crippen LogP contribution in [0.3, 0.4) is 0 Å². The van der Waals surface area contributed by atoms with Crippen molar-refractivity contribution >= 4 is 16.4 Å². The maximum Gasteiger partial charge on any atom is 0.270 e. The second-order valence-corrected chi connectivity index (χ2v) is 10.2. The molecule has 0 aliphatic carbocycles. The van der Waals surface area contributed by atoms with E-state index in [2.05, 4.69) is 25.5 Å². The molecule has 3 heterocycles. The summed E-state index contributed by atoms with van der Waals surface area (Å²) in [5, 5.41) is 11.1. The number of rotatable bonds is 7. The first-order valence-electron chi connectivity index (χ1n) is 10.6. The van der Waals surface area contributed by atoms with Crippen molar-refractivity contribution in [2.45, 2.75) is 16.7 Å². The van der Waals surface area contributed by atoms with Gasteiger partial charge in [-0.1, -0.05) is 24.3 Å². The number of nitrogens with zero attached hydrogens (tertiary/aromatic N) is 4. The Kier molecular flexibility index (Phi) is 6.02. The minimum atomic E-state index is -2.91. The van der Waals surface area contributed by atoms with Crippen molar-refractivity contribution in [3.8, 4) is 34.3 Å². The van der Waals surface area contributed by atoms with E-state index in [0.717, 1.165) is 23.2 Å². The lowest BCUT2D eigenvalue weighted by Gasteiger charge is -2.44. The molecule has 2 aromatic carbocycles. The van der Waals surface area contributed by atoms with Gasteiger partial charge in [-0.3, -0.25) is 9.11 Å². The van der Waals surface area contributed by atoms with E-state index >= 15 is 0 Å². The molecular formula is C23H28N6O4S. The number of aromatic nitrogens is 4. The Morgan fingerprint density at radius 1 is 1.03 bits per heavy atom. The van der Waals surface area contributed by atoms with E-state index < -0.39 is 10.6 Å². The molecular weight excluding hydrogens is 456 g/mol. The van der Waals surface area contributed by atoms with Crippen LogP contribution in [-0.2, 0) is 11.3 Å². The molecule has 34 heavy (non-hydrogen) atoms. The standard InChI is InChI=1S/C23H24N6O4S.2H2/c1-25-10-14-2-4-16(5-3-14)22-28-29-23(33-22)20-21(24)26-11-19(27-20)15-6-8-17(9-7-15)34(30,31)18-12-32-13-18;;/h2-9,11,18,25,30-31H,10,12-13H2,1H3,(H2,24,26);2*1H. The molecule has 11 heteroatoms. The molecule has 1 aliphatic heterocycles. The summed E-state index contributed by atoms with van der Waals surface area (Å²) >= 11 is 0. The van der Waals surface area contributed by atoms with E-state index in [1.165, 1.54) is 0 Å². The van der Waals surface area contributed by atoms with E-state index in [4.69, 9.17) is 14.9 Å². The third-order valence-corrected chi connectivity index (χ3v) is 7.75. The van der Waals surface area contributed by atoms with Gasteiger partial charge in [-0.25, -0.2) is 9.97 Å². The SMILES string of the molecule is CNCc1ccc(-c2nnc(-c3nc(-c4ccc(S(O)(O)C5COC5)cc4)cnc3N)o2)cc1.[HH].[HH]. The number of nitrogens with two attached hydrogens (primary N) is 1. The van der Waals surface area contributed by atoms with Gasteiger partial charge in [0.15, 0.2) is 11.5 Å². The average Bonchev–Trinajstić information content (AvgIpc) is 3.29. The maximum atomic E-state index is 10.5. The predicted molar refractivity (Wildman–Crippen MR) is 133 cm³/mol. The minimum Gasteiger partial charge on any atom is -0.414 e. The summed E-state index contributed by atoms with van der Waals surface area (Å²) in [6.45, 7) is 1.47. The van der Waals surface area contributed by atoms with Crippen LogP contribution in [-0.4, -0.2) is 54.8 Å². The van der Waals surface area contributed by atoms with E-state index in [-0.39, 0.29) is 25.5 Å². The van der Waals surface area contributed by atoms with Crippen molar-refractivity contribution < 1.29 is 21.1 Å². The molecule has 5 rings (SSSR count). The van der Waals surface area contributed by atoms with Gasteiger partial charge >= 0.3 is 0 Å². The van der Waals surface area contributed by atoms with Crippen LogP contribution >= 0.6 is 10.6 Å². The van der Waals surface area contributed by atoms with Crippen molar-refractivity contribution in [1.82, 2.24) is 25.5 Å². The summed E-state index contributed by atoms with van der Waals surface area (Å²) in [5.74, 6) is 0.683. The minimum absolute atomic E-state index is 0. The van der Waals surface area contributed by atoms with Gasteiger partial charge < -0.3 is 20.2 Å². The second-order valence-electron chi connectivity index (χ2n) is 7.91. The molecule has 1 fully saturated rings. The van der Waals surface area contributed by atoms with Gasteiger partial charge in [0.05, 0.1) is 30.0 Å². The lowest BCUT2D eigenvalue weighted by atomic mass is 10.1. The summed E-state index contributed by atoms with van der Waals surface area (Å²) in [5.41, 5.74) is 9.53. The summed E-state index contributed by atoms with van der Waals surface area (Å²) in [4.78, 5) is 9.29. The van der Waals surface area contributed by atoms with Crippen LogP contribution in [0.15, 0.2) is 64.0 Å². The van der Waals surface area contributed by atoms with Crippen LogP contribution in [0.25, 0.3) is 34.3 Å². The Morgan fingerprint density at radius 3 is 2.35 bits per heavy atom. The molecule has 0 amide bonds. The first-order chi connectivity index (χ1) is 16.5. The summed E-state index contributed by atoms with van der Waals surface area (Å²) in [6, 6.07) is 14.7. The highest BCUT2D eigenvalue weighted by atomic mass is 32.3. The number of ether oxygens (including phenoxy) is 1. The summed E-state index contributed by atoms with van der Waals surface area (Å²) < 4.78 is 32.0. The van der Waals surface area contributed by atoms with Crippen LogP contribution in [0, 0.1) is 0 Å². The molecule has 0 radical (unpaired) electrons. The molecule has 1 saturated heterocycles. The zero-order valence-electron chi connectivity index (χ0n) is 18.4. The van der Waals surface area contributed by atoms with Gasteiger partial charge in [-0.2, -0.15) is 10.6 Å². The van der Waals surface area contributed by atoms with Gasteiger partial charge in [0, 0.05) is 20.5 Å². The molecule has 180 valence electrons. The Balaban J connectivity index is 0.00000180. The number of benzene rings is 2. The second kappa shape index (κ2) is 9.12. The van der Waals surface area contributed by atoms with E-state index in [0.29, 0.717) is 29.7 Å². The highest BCUT2D eigenvalue weighted by Gasteiger charge is 2.34. The average molecular weight is 485 g/mol. The van der Waals surface area contributed by atoms with Crippen molar-refractivity contribution in [1.29, 1.82) is 0 Å². The fourth-order valence-corrected chi connectivity index (χ4v) is 5.02. The lowest BCUT2D eigenvalue weighted by molar-refractivity contribution is 0.0377. The van der Waals surface area contributed by atoms with Crippen LogP contribution in [0.4, 0.5) is 5.82 Å². The van der Waals surface area contributed by atoms with Crippen molar-refractivity contribution in [3.63, 3.8) is 0 Å². The molecule has 5 N–H and O–H groups in total. The Hall–Kier alpha value is -3.35. The van der Waals surface area contributed by atoms with Gasteiger partial charge in [-0.05, 0) is 36.9 Å². The van der Waals surface area contributed by atoms with Crippen LogP contribution < -0.4 is 11.1 Å². The number of hydrogen-bond donors (Lipinski definition) is 4. The van der Waals surface area contributed by atoms with E-state index in [1.807, 2.05) is 31.3 Å². The first-order valence-corrected chi connectivity index (χ1v) is 12.2. The fourth-order valence-electron chi connectivity index (χ4n) is 3.52. The zero-order chi connectivity index (χ0) is 23.7. The monoisotopic (exact) mass is 484 g/mol. The fraction of sp³-hybridized carbons (Fsp3) is 0.217. The molecule has 0 spiro atoms. The molecule has 10 nitrogen and oxygen atoms in total. The lowest BCUT2D eigenvalue weighted by Crippen LogP contribution is -2.38. The topological polar surface area (TPSA) is 152 Å². The van der Waals surface area contributed by atoms with Crippen LogP contribution in [0.2, 0.25) is 0 Å². The zero-order valence-corrected chi connectivity index (χ0v) is 19.2. The molecule has 4 aromatic rings. The quantitative estimate of drug-likeness (QED) is 0.301. The molecule has 2 aromatic heterocycles. The molecule has 0 atom stereocenters. The van der Waals surface area contributed by atoms with Crippen LogP contribution in [0.5, 0.6) is 0 Å². The number of nitrogen functional groups attached to an aromatic ring is 1. The third kappa shape index (κ3) is 4.27. The van der Waals surface area contributed by atoms with Crippen LogP contribution in [0.1, 0.15) is 8.42 Å². The Labute approximate surface area is 200 Å². The largest absolute Gasteiger partial charge is 0.414 e. The molecule has 0 saturated carbocycles. The van der Waals surface area contributed by atoms with Crippen molar-refractivity contribution in [2.24, 2.45) is 0 Å². The molecule has 0 bridgehead atoms. The number of hydrogen-bond acceptors (Lipinski definition) is 10. The van der Waals surface area contributed by atoms with Gasteiger partial charge in [-0.15, -0.1) is 10.2 Å². The maximum absolute atomic E-state index is 10.5. The third-order valence-electron chi connectivity index (χ3n) is 5.58. The smallest absolute Gasteiger partial charge is 0.270 e. The normalized spacial score (nSPS) is 14.7. The van der Waals surface area contributed by atoms with Crippen molar-refractivity contribution in [2.75, 3.05) is 26.0 Å². The predicted octanol–water partition coefficient (Wildman–Crippen LogP) is 4.16. The highest BCUT2D eigenvalue weighted by Crippen LogP contribution is 2.54. The number of anilines is 1. The van der Waals surface area contributed by atoms with E-state index in [9.17, 15) is 9.11 Å². The van der Waals surface area contributed by atoms with Crippen molar-refractivity contribution in [3.05, 3.63) is 60.3 Å².